The number of nitrogens with two attached hydrogens (primary N) is 2. The van der Waals surface area contributed by atoms with E-state index in [-0.39, 0.29) is 11.5 Å². The lowest BCUT2D eigenvalue weighted by Crippen LogP contribution is -2.39. The van der Waals surface area contributed by atoms with Crippen LogP contribution in [0.2, 0.25) is 0 Å². The predicted molar refractivity (Wildman–Crippen MR) is 91.5 cm³/mol. The van der Waals surface area contributed by atoms with Gasteiger partial charge in [0.2, 0.25) is 0 Å². The first-order valence-electron chi connectivity index (χ1n) is 7.96. The first-order chi connectivity index (χ1) is 11.0. The highest BCUT2D eigenvalue weighted by molar-refractivity contribution is 5.41. The van der Waals surface area contributed by atoms with Crippen molar-refractivity contribution in [2.24, 2.45) is 5.73 Å². The van der Waals surface area contributed by atoms with Gasteiger partial charge in [-0.05, 0) is 62.2 Å². The second kappa shape index (κ2) is 6.52. The molecule has 1 aliphatic heterocycles. The summed E-state index contributed by atoms with van der Waals surface area (Å²) in [6, 6.07) is 8.03. The summed E-state index contributed by atoms with van der Waals surface area (Å²) in [5.74, 6) is 0.239. The smallest absolute Gasteiger partial charge is 0.354 e. The number of piperidine rings is 1. The molecular formula is C17H23N5O. The fourth-order valence-electron chi connectivity index (χ4n) is 2.97. The molecule has 3 rings (SSSR count). The molecule has 1 saturated heterocycles. The summed E-state index contributed by atoms with van der Waals surface area (Å²) in [4.78, 5) is 18.1. The van der Waals surface area contributed by atoms with E-state index in [0.29, 0.717) is 6.04 Å². The number of rotatable bonds is 3. The van der Waals surface area contributed by atoms with E-state index >= 15 is 0 Å². The summed E-state index contributed by atoms with van der Waals surface area (Å²) >= 11 is 0. The Bertz CT molecular complexity index is 747. The van der Waals surface area contributed by atoms with Gasteiger partial charge in [0, 0.05) is 18.8 Å². The fourth-order valence-corrected chi connectivity index (χ4v) is 2.97. The number of aromatic nitrogens is 2. The van der Waals surface area contributed by atoms with Crippen molar-refractivity contribution in [1.82, 2.24) is 14.5 Å². The molecule has 0 unspecified atom stereocenters. The number of likely N-dealkylation sites (tertiary alicyclic amines) is 1. The Morgan fingerprint density at radius 2 is 2.00 bits per heavy atom. The Morgan fingerprint density at radius 1 is 1.26 bits per heavy atom. The van der Waals surface area contributed by atoms with Crippen molar-refractivity contribution in [3.63, 3.8) is 0 Å². The van der Waals surface area contributed by atoms with Crippen LogP contribution in [0.4, 0.5) is 5.82 Å². The number of benzene rings is 1. The SMILES string of the molecule is Cc1cc(-n2ccc(N)nc2=O)ccc1CN1CCC(N)CC1. The molecule has 1 aliphatic rings. The third-order valence-corrected chi connectivity index (χ3v) is 4.46. The molecule has 0 atom stereocenters. The van der Waals surface area contributed by atoms with E-state index in [2.05, 4.69) is 22.9 Å². The molecule has 0 bridgehead atoms. The summed E-state index contributed by atoms with van der Waals surface area (Å²) in [7, 11) is 0. The highest BCUT2D eigenvalue weighted by Gasteiger charge is 2.16. The van der Waals surface area contributed by atoms with E-state index in [0.717, 1.165) is 38.2 Å². The van der Waals surface area contributed by atoms with Gasteiger partial charge in [0.1, 0.15) is 5.82 Å². The molecule has 0 spiro atoms. The van der Waals surface area contributed by atoms with E-state index in [9.17, 15) is 4.79 Å². The number of nitrogen functional groups attached to an aromatic ring is 1. The molecular weight excluding hydrogens is 290 g/mol. The molecule has 23 heavy (non-hydrogen) atoms. The first kappa shape index (κ1) is 15.7. The van der Waals surface area contributed by atoms with Gasteiger partial charge >= 0.3 is 5.69 Å². The molecule has 122 valence electrons. The van der Waals surface area contributed by atoms with Gasteiger partial charge in [0.25, 0.3) is 0 Å². The number of hydrogen-bond acceptors (Lipinski definition) is 5. The topological polar surface area (TPSA) is 90.2 Å². The van der Waals surface area contributed by atoms with Crippen LogP contribution in [0.25, 0.3) is 5.69 Å². The number of hydrogen-bond donors (Lipinski definition) is 2. The molecule has 0 amide bonds. The van der Waals surface area contributed by atoms with Crippen LogP contribution in [-0.4, -0.2) is 33.6 Å². The minimum absolute atomic E-state index is 0.239. The number of nitrogens with zero attached hydrogens (tertiary/aromatic N) is 3. The molecule has 0 saturated carbocycles. The zero-order valence-electron chi connectivity index (χ0n) is 13.4. The Kier molecular flexibility index (Phi) is 4.45. The minimum atomic E-state index is -0.359. The Hall–Kier alpha value is -2.18. The van der Waals surface area contributed by atoms with Crippen LogP contribution in [0.15, 0.2) is 35.3 Å². The Balaban J connectivity index is 1.79. The quantitative estimate of drug-likeness (QED) is 0.884. The minimum Gasteiger partial charge on any atom is -0.383 e. The molecule has 0 aliphatic carbocycles. The molecule has 4 N–H and O–H groups in total. The Labute approximate surface area is 135 Å². The average Bonchev–Trinajstić information content (AvgIpc) is 2.51. The maximum atomic E-state index is 11.9. The molecule has 1 fully saturated rings. The zero-order valence-corrected chi connectivity index (χ0v) is 13.4. The molecule has 6 heteroatoms. The molecule has 1 aromatic heterocycles. The van der Waals surface area contributed by atoms with Crippen LogP contribution >= 0.6 is 0 Å². The monoisotopic (exact) mass is 313 g/mol. The van der Waals surface area contributed by atoms with E-state index in [1.807, 2.05) is 12.1 Å². The summed E-state index contributed by atoms with van der Waals surface area (Å²) < 4.78 is 1.51. The van der Waals surface area contributed by atoms with Crippen LogP contribution < -0.4 is 17.2 Å². The predicted octanol–water partition coefficient (Wildman–Crippen LogP) is 1.05. The van der Waals surface area contributed by atoms with Gasteiger partial charge in [-0.1, -0.05) is 6.07 Å². The van der Waals surface area contributed by atoms with Crippen molar-refractivity contribution in [3.05, 3.63) is 52.1 Å². The molecule has 2 aromatic rings. The van der Waals surface area contributed by atoms with Crippen LogP contribution in [-0.2, 0) is 6.54 Å². The van der Waals surface area contributed by atoms with Crippen molar-refractivity contribution in [2.45, 2.75) is 32.4 Å². The maximum Gasteiger partial charge on any atom is 0.354 e. The van der Waals surface area contributed by atoms with Crippen molar-refractivity contribution in [3.8, 4) is 5.69 Å². The highest BCUT2D eigenvalue weighted by Crippen LogP contribution is 2.18. The second-order valence-electron chi connectivity index (χ2n) is 6.23. The molecule has 0 radical (unpaired) electrons. The normalized spacial score (nSPS) is 16.6. The summed E-state index contributed by atoms with van der Waals surface area (Å²) in [6.45, 7) is 5.09. The van der Waals surface area contributed by atoms with Gasteiger partial charge in [-0.2, -0.15) is 4.98 Å². The highest BCUT2D eigenvalue weighted by atomic mass is 16.1. The van der Waals surface area contributed by atoms with E-state index in [1.54, 1.807) is 12.3 Å². The van der Waals surface area contributed by atoms with Gasteiger partial charge < -0.3 is 11.5 Å². The van der Waals surface area contributed by atoms with E-state index < -0.39 is 0 Å². The van der Waals surface area contributed by atoms with Crippen LogP contribution in [0.3, 0.4) is 0 Å². The van der Waals surface area contributed by atoms with Crippen LogP contribution in [0.5, 0.6) is 0 Å². The standard InChI is InChI=1S/C17H23N5O/c1-12-10-15(22-9-6-16(19)20-17(22)23)3-2-13(12)11-21-7-4-14(18)5-8-21/h2-3,6,9-10,14H,4-5,7-8,11,18H2,1H3,(H2,19,20,23). The lowest BCUT2D eigenvalue weighted by Gasteiger charge is -2.30. The van der Waals surface area contributed by atoms with Crippen molar-refractivity contribution in [1.29, 1.82) is 0 Å². The lowest BCUT2D eigenvalue weighted by atomic mass is 10.0. The zero-order chi connectivity index (χ0) is 16.4. The number of anilines is 1. The van der Waals surface area contributed by atoms with Crippen LogP contribution in [0.1, 0.15) is 24.0 Å². The largest absolute Gasteiger partial charge is 0.383 e. The van der Waals surface area contributed by atoms with Crippen LogP contribution in [0, 0.1) is 6.92 Å². The van der Waals surface area contributed by atoms with Gasteiger partial charge in [-0.25, -0.2) is 4.79 Å². The molecule has 2 heterocycles. The Morgan fingerprint density at radius 3 is 2.65 bits per heavy atom. The van der Waals surface area contributed by atoms with E-state index in [1.165, 1.54) is 15.7 Å². The second-order valence-corrected chi connectivity index (χ2v) is 6.23. The van der Waals surface area contributed by atoms with Gasteiger partial charge in [0.15, 0.2) is 0 Å². The average molecular weight is 313 g/mol. The van der Waals surface area contributed by atoms with E-state index in [4.69, 9.17) is 11.5 Å². The van der Waals surface area contributed by atoms with Crippen molar-refractivity contribution in [2.75, 3.05) is 18.8 Å². The lowest BCUT2D eigenvalue weighted by molar-refractivity contribution is 0.205. The fraction of sp³-hybridized carbons (Fsp3) is 0.412. The number of aryl methyl sites for hydroxylation is 1. The van der Waals surface area contributed by atoms with Crippen molar-refractivity contribution >= 4 is 5.82 Å². The van der Waals surface area contributed by atoms with Gasteiger partial charge in [0.05, 0.1) is 5.69 Å². The molecule has 6 nitrogen and oxygen atoms in total. The third kappa shape index (κ3) is 3.60. The summed E-state index contributed by atoms with van der Waals surface area (Å²) in [5.41, 5.74) is 14.4. The molecule has 1 aromatic carbocycles. The first-order valence-corrected chi connectivity index (χ1v) is 7.96. The van der Waals surface area contributed by atoms with Gasteiger partial charge in [-0.3, -0.25) is 9.47 Å². The summed E-state index contributed by atoms with van der Waals surface area (Å²) in [5, 5.41) is 0. The van der Waals surface area contributed by atoms with Crippen molar-refractivity contribution < 1.29 is 0 Å². The summed E-state index contributed by atoms with van der Waals surface area (Å²) in [6.07, 6.45) is 3.78. The van der Waals surface area contributed by atoms with Gasteiger partial charge in [-0.15, -0.1) is 0 Å². The maximum absolute atomic E-state index is 11.9. The third-order valence-electron chi connectivity index (χ3n) is 4.46.